The molecule has 0 bridgehead atoms. The third kappa shape index (κ3) is 2.99. The molecule has 0 amide bonds. The van der Waals surface area contributed by atoms with Gasteiger partial charge in [0, 0.05) is 17.0 Å². The maximum atomic E-state index is 5.93. The summed E-state index contributed by atoms with van der Waals surface area (Å²) in [6.45, 7) is 5.11. The molecule has 0 fully saturated rings. The molecule has 0 saturated heterocycles. The van der Waals surface area contributed by atoms with Gasteiger partial charge in [-0.05, 0) is 35.7 Å². The highest BCUT2D eigenvalue weighted by molar-refractivity contribution is 6.31. The van der Waals surface area contributed by atoms with Crippen LogP contribution in [0.2, 0.25) is 10.3 Å². The molecule has 0 unspecified atom stereocenters. The molecule has 90 valence electrons. The van der Waals surface area contributed by atoms with Gasteiger partial charge in [0.05, 0.1) is 5.52 Å². The quantitative estimate of drug-likeness (QED) is 0.856. The van der Waals surface area contributed by atoms with Crippen LogP contribution in [0.4, 0.5) is 5.82 Å². The molecule has 0 saturated carbocycles. The van der Waals surface area contributed by atoms with Crippen molar-refractivity contribution in [1.82, 2.24) is 9.97 Å². The van der Waals surface area contributed by atoms with Gasteiger partial charge in [-0.3, -0.25) is 0 Å². The average molecular weight is 270 g/mol. The van der Waals surface area contributed by atoms with E-state index in [9.17, 15) is 0 Å². The number of nitrogens with one attached hydrogen (secondary N) is 1. The van der Waals surface area contributed by atoms with Gasteiger partial charge in [-0.25, -0.2) is 9.97 Å². The van der Waals surface area contributed by atoms with Crippen molar-refractivity contribution in [1.29, 1.82) is 0 Å². The molecule has 0 atom stereocenters. The molecule has 0 spiro atoms. The summed E-state index contributed by atoms with van der Waals surface area (Å²) in [5.74, 6) is 1.29. The minimum Gasteiger partial charge on any atom is -0.369 e. The number of nitrogens with zero attached hydrogens (tertiary/aromatic N) is 2. The Morgan fingerprint density at radius 3 is 2.71 bits per heavy atom. The van der Waals surface area contributed by atoms with Crippen LogP contribution >= 0.6 is 23.2 Å². The second kappa shape index (κ2) is 5.07. The van der Waals surface area contributed by atoms with Crippen molar-refractivity contribution in [3.63, 3.8) is 0 Å². The first-order valence-corrected chi connectivity index (χ1v) is 6.18. The van der Waals surface area contributed by atoms with E-state index in [1.165, 1.54) is 0 Å². The van der Waals surface area contributed by atoms with Gasteiger partial charge < -0.3 is 5.32 Å². The third-order valence-electron chi connectivity index (χ3n) is 2.31. The number of hydrogen-bond acceptors (Lipinski definition) is 3. The molecule has 1 aromatic carbocycles. The molecule has 1 aromatic heterocycles. The molecule has 0 aliphatic carbocycles. The van der Waals surface area contributed by atoms with E-state index in [1.807, 2.05) is 12.1 Å². The summed E-state index contributed by atoms with van der Waals surface area (Å²) in [6.07, 6.45) is 0. The highest BCUT2D eigenvalue weighted by atomic mass is 35.5. The molecule has 17 heavy (non-hydrogen) atoms. The molecule has 1 heterocycles. The van der Waals surface area contributed by atoms with E-state index in [0.29, 0.717) is 10.9 Å². The van der Waals surface area contributed by atoms with Crippen LogP contribution in [0.25, 0.3) is 10.9 Å². The van der Waals surface area contributed by atoms with Gasteiger partial charge in [-0.15, -0.1) is 0 Å². The van der Waals surface area contributed by atoms with Crippen LogP contribution < -0.4 is 5.32 Å². The molecule has 5 heteroatoms. The maximum Gasteiger partial charge on any atom is 0.224 e. The second-order valence-electron chi connectivity index (χ2n) is 4.28. The molecule has 2 rings (SSSR count). The van der Waals surface area contributed by atoms with Gasteiger partial charge in [0.2, 0.25) is 5.28 Å². The summed E-state index contributed by atoms with van der Waals surface area (Å²) in [5.41, 5.74) is 0.753. The number of benzene rings is 1. The lowest BCUT2D eigenvalue weighted by Crippen LogP contribution is -2.10. The molecular weight excluding hydrogens is 257 g/mol. The number of rotatable bonds is 3. The monoisotopic (exact) mass is 269 g/mol. The number of hydrogen-bond donors (Lipinski definition) is 1. The van der Waals surface area contributed by atoms with Crippen LogP contribution in [-0.2, 0) is 0 Å². The summed E-state index contributed by atoms with van der Waals surface area (Å²) in [7, 11) is 0. The molecule has 0 aliphatic heterocycles. The topological polar surface area (TPSA) is 37.8 Å². The highest BCUT2D eigenvalue weighted by Gasteiger charge is 2.07. The Labute approximate surface area is 110 Å². The molecule has 2 aromatic rings. The van der Waals surface area contributed by atoms with Crippen molar-refractivity contribution in [3.8, 4) is 0 Å². The van der Waals surface area contributed by atoms with Crippen molar-refractivity contribution < 1.29 is 0 Å². The number of anilines is 1. The molecule has 1 N–H and O–H groups in total. The summed E-state index contributed by atoms with van der Waals surface area (Å²) in [4.78, 5) is 8.36. The predicted octanol–water partition coefficient (Wildman–Crippen LogP) is 4.00. The van der Waals surface area contributed by atoms with E-state index in [2.05, 4.69) is 29.1 Å². The van der Waals surface area contributed by atoms with Crippen molar-refractivity contribution >= 4 is 39.9 Å². The van der Waals surface area contributed by atoms with E-state index in [-0.39, 0.29) is 5.28 Å². The first-order chi connectivity index (χ1) is 8.06. The molecule has 0 aliphatic rings. The van der Waals surface area contributed by atoms with Gasteiger partial charge in [0.25, 0.3) is 0 Å². The lowest BCUT2D eigenvalue weighted by atomic mass is 10.2. The van der Waals surface area contributed by atoms with E-state index in [0.717, 1.165) is 23.3 Å². The fraction of sp³-hybridized carbons (Fsp3) is 0.333. The normalized spacial score (nSPS) is 11.1. The Morgan fingerprint density at radius 2 is 2.00 bits per heavy atom. The molecular formula is C12H13Cl2N3. The summed E-state index contributed by atoms with van der Waals surface area (Å²) >= 11 is 11.8. The van der Waals surface area contributed by atoms with Crippen LogP contribution in [0.1, 0.15) is 13.8 Å². The standard InChI is InChI=1S/C12H13Cl2N3/c1-7(2)6-15-11-9-4-3-8(13)5-10(9)16-12(14)17-11/h3-5,7H,6H2,1-2H3,(H,15,16,17). The first kappa shape index (κ1) is 12.4. The fourth-order valence-corrected chi connectivity index (χ4v) is 1.85. The maximum absolute atomic E-state index is 5.93. The van der Waals surface area contributed by atoms with Crippen molar-refractivity contribution in [2.75, 3.05) is 11.9 Å². The minimum atomic E-state index is 0.228. The third-order valence-corrected chi connectivity index (χ3v) is 2.71. The average Bonchev–Trinajstić information content (AvgIpc) is 2.24. The minimum absolute atomic E-state index is 0.228. The van der Waals surface area contributed by atoms with Crippen LogP contribution in [0.3, 0.4) is 0 Å². The lowest BCUT2D eigenvalue weighted by molar-refractivity contribution is 0.687. The summed E-state index contributed by atoms with van der Waals surface area (Å²) in [6, 6.07) is 5.50. The van der Waals surface area contributed by atoms with E-state index in [1.54, 1.807) is 6.07 Å². The number of halogens is 2. The van der Waals surface area contributed by atoms with Gasteiger partial charge in [0.15, 0.2) is 0 Å². The van der Waals surface area contributed by atoms with Crippen LogP contribution in [0.5, 0.6) is 0 Å². The van der Waals surface area contributed by atoms with Gasteiger partial charge in [0.1, 0.15) is 5.82 Å². The second-order valence-corrected chi connectivity index (χ2v) is 5.05. The summed E-state index contributed by atoms with van der Waals surface area (Å²) < 4.78 is 0. The van der Waals surface area contributed by atoms with Gasteiger partial charge >= 0.3 is 0 Å². The number of fused-ring (bicyclic) bond motifs is 1. The van der Waals surface area contributed by atoms with Gasteiger partial charge in [-0.2, -0.15) is 0 Å². The van der Waals surface area contributed by atoms with E-state index in [4.69, 9.17) is 23.2 Å². The van der Waals surface area contributed by atoms with Crippen LogP contribution in [0, 0.1) is 5.92 Å². The van der Waals surface area contributed by atoms with Crippen LogP contribution in [-0.4, -0.2) is 16.5 Å². The van der Waals surface area contributed by atoms with Gasteiger partial charge in [-0.1, -0.05) is 25.4 Å². The van der Waals surface area contributed by atoms with E-state index >= 15 is 0 Å². The van der Waals surface area contributed by atoms with E-state index < -0.39 is 0 Å². The molecule has 0 radical (unpaired) electrons. The lowest BCUT2D eigenvalue weighted by Gasteiger charge is -2.10. The largest absolute Gasteiger partial charge is 0.369 e. The van der Waals surface area contributed by atoms with Crippen molar-refractivity contribution in [2.45, 2.75) is 13.8 Å². The zero-order valence-corrected chi connectivity index (χ0v) is 11.2. The summed E-state index contributed by atoms with van der Waals surface area (Å²) in [5, 5.41) is 5.07. The Bertz CT molecular complexity index is 535. The molecule has 3 nitrogen and oxygen atoms in total. The Hall–Kier alpha value is -1.06. The SMILES string of the molecule is CC(C)CNc1nc(Cl)nc2cc(Cl)ccc12. The Balaban J connectivity index is 2.46. The van der Waals surface area contributed by atoms with Crippen molar-refractivity contribution in [2.24, 2.45) is 5.92 Å². The smallest absolute Gasteiger partial charge is 0.224 e. The zero-order valence-electron chi connectivity index (χ0n) is 9.67. The van der Waals surface area contributed by atoms with Crippen LogP contribution in [0.15, 0.2) is 18.2 Å². The Morgan fingerprint density at radius 1 is 1.24 bits per heavy atom. The first-order valence-electron chi connectivity index (χ1n) is 5.43. The van der Waals surface area contributed by atoms with Crippen molar-refractivity contribution in [3.05, 3.63) is 28.5 Å². The predicted molar refractivity (Wildman–Crippen MR) is 72.9 cm³/mol. The zero-order chi connectivity index (χ0) is 12.4. The Kier molecular flexibility index (Phi) is 3.69. The highest BCUT2D eigenvalue weighted by Crippen LogP contribution is 2.25. The number of aromatic nitrogens is 2. The fourth-order valence-electron chi connectivity index (χ4n) is 1.51.